The number of amides is 1. The van der Waals surface area contributed by atoms with Crippen molar-refractivity contribution in [1.82, 2.24) is 13.6 Å². The van der Waals surface area contributed by atoms with Crippen LogP contribution in [0.3, 0.4) is 0 Å². The summed E-state index contributed by atoms with van der Waals surface area (Å²) in [7, 11) is -0.430. The molecule has 1 aliphatic heterocycles. The molecule has 2 aromatic heterocycles. The molecule has 0 saturated heterocycles. The van der Waals surface area contributed by atoms with Gasteiger partial charge in [-0.3, -0.25) is 10.1 Å². The van der Waals surface area contributed by atoms with Crippen LogP contribution < -0.4 is 5.32 Å². The summed E-state index contributed by atoms with van der Waals surface area (Å²) < 4.78 is 31.9. The topological polar surface area (TPSA) is 95.8 Å². The van der Waals surface area contributed by atoms with Crippen LogP contribution in [-0.4, -0.2) is 48.6 Å². The van der Waals surface area contributed by atoms with Crippen molar-refractivity contribution >= 4 is 32.6 Å². The molecule has 8 nitrogen and oxygen atoms in total. The lowest BCUT2D eigenvalue weighted by Crippen LogP contribution is -2.42. The molecule has 1 aliphatic rings. The standard InChI is InChI=1S/C13H16N4O4S2/c1-16(2)23(19,20)17-5-3-10-11(7-17)22-13(14-10)15-12(18)9-4-6-21-8-9/h4,6,8H,3,5,7H2,1-2H3,(H,14,15,18). The highest BCUT2D eigenvalue weighted by Crippen LogP contribution is 2.30. The number of carbonyl (C=O) groups excluding carboxylic acids is 1. The molecule has 2 aromatic rings. The molecule has 0 saturated carbocycles. The smallest absolute Gasteiger partial charge is 0.281 e. The van der Waals surface area contributed by atoms with Crippen LogP contribution in [0.25, 0.3) is 0 Å². The summed E-state index contributed by atoms with van der Waals surface area (Å²) in [6.45, 7) is 0.654. The van der Waals surface area contributed by atoms with Crippen LogP contribution in [-0.2, 0) is 23.2 Å². The highest BCUT2D eigenvalue weighted by molar-refractivity contribution is 7.86. The van der Waals surface area contributed by atoms with Crippen LogP contribution in [0.2, 0.25) is 0 Å². The predicted octanol–water partition coefficient (Wildman–Crippen LogP) is 1.15. The highest BCUT2D eigenvalue weighted by atomic mass is 32.2. The third-order valence-corrected chi connectivity index (χ3v) is 6.37. The molecule has 3 heterocycles. The fourth-order valence-electron chi connectivity index (χ4n) is 2.22. The molecular weight excluding hydrogens is 340 g/mol. The van der Waals surface area contributed by atoms with Crippen LogP contribution in [0.5, 0.6) is 0 Å². The monoisotopic (exact) mass is 356 g/mol. The van der Waals surface area contributed by atoms with E-state index in [1.165, 1.54) is 46.6 Å². The molecule has 3 rings (SSSR count). The molecule has 23 heavy (non-hydrogen) atoms. The van der Waals surface area contributed by atoms with Crippen molar-refractivity contribution in [1.29, 1.82) is 0 Å². The number of hydrogen-bond acceptors (Lipinski definition) is 6. The Bertz CT molecular complexity index is 811. The van der Waals surface area contributed by atoms with E-state index in [0.29, 0.717) is 23.7 Å². The van der Waals surface area contributed by atoms with Crippen LogP contribution in [0, 0.1) is 0 Å². The summed E-state index contributed by atoms with van der Waals surface area (Å²) in [6.07, 6.45) is 3.31. The van der Waals surface area contributed by atoms with Gasteiger partial charge in [-0.05, 0) is 6.07 Å². The number of carbonyl (C=O) groups is 1. The quantitative estimate of drug-likeness (QED) is 0.887. The number of anilines is 1. The van der Waals surface area contributed by atoms with Gasteiger partial charge in [-0.25, -0.2) is 4.98 Å². The summed E-state index contributed by atoms with van der Waals surface area (Å²) in [4.78, 5) is 17.2. The maximum absolute atomic E-state index is 12.2. The van der Waals surface area contributed by atoms with Crippen LogP contribution in [0.4, 0.5) is 5.13 Å². The van der Waals surface area contributed by atoms with Gasteiger partial charge in [0.05, 0.1) is 24.1 Å². The molecule has 0 aliphatic carbocycles. The Morgan fingerprint density at radius 1 is 1.48 bits per heavy atom. The van der Waals surface area contributed by atoms with E-state index in [0.717, 1.165) is 10.6 Å². The first-order chi connectivity index (χ1) is 10.9. The summed E-state index contributed by atoms with van der Waals surface area (Å²) in [6, 6.07) is 1.56. The third kappa shape index (κ3) is 3.15. The Kier molecular flexibility index (Phi) is 4.23. The van der Waals surface area contributed by atoms with E-state index in [1.807, 2.05) is 0 Å². The second-order valence-electron chi connectivity index (χ2n) is 5.23. The van der Waals surface area contributed by atoms with Crippen molar-refractivity contribution in [3.63, 3.8) is 0 Å². The maximum atomic E-state index is 12.2. The van der Waals surface area contributed by atoms with Gasteiger partial charge in [0.15, 0.2) is 5.13 Å². The van der Waals surface area contributed by atoms with Gasteiger partial charge in [0.2, 0.25) is 0 Å². The lowest BCUT2D eigenvalue weighted by Gasteiger charge is -2.27. The van der Waals surface area contributed by atoms with Gasteiger partial charge in [-0.15, -0.1) is 11.3 Å². The first-order valence-corrected chi connectivity index (χ1v) is 9.09. The Morgan fingerprint density at radius 3 is 2.91 bits per heavy atom. The number of nitrogens with zero attached hydrogens (tertiary/aromatic N) is 3. The molecule has 0 spiro atoms. The molecule has 10 heteroatoms. The van der Waals surface area contributed by atoms with Crippen LogP contribution in [0.15, 0.2) is 23.0 Å². The SMILES string of the molecule is CN(C)S(=O)(=O)N1CCc2nc(NC(=O)c3ccoc3)sc2C1. The minimum absolute atomic E-state index is 0.273. The average molecular weight is 356 g/mol. The fraction of sp³-hybridized carbons (Fsp3) is 0.385. The third-order valence-electron chi connectivity index (χ3n) is 3.49. The summed E-state index contributed by atoms with van der Waals surface area (Å²) in [5, 5.41) is 3.17. The van der Waals surface area contributed by atoms with E-state index >= 15 is 0 Å². The van der Waals surface area contributed by atoms with E-state index in [-0.39, 0.29) is 12.5 Å². The first-order valence-electron chi connectivity index (χ1n) is 6.87. The van der Waals surface area contributed by atoms with Gasteiger partial charge >= 0.3 is 0 Å². The van der Waals surface area contributed by atoms with E-state index in [2.05, 4.69) is 10.3 Å². The van der Waals surface area contributed by atoms with Crippen LogP contribution in [0.1, 0.15) is 20.9 Å². The minimum atomic E-state index is -3.45. The lowest BCUT2D eigenvalue weighted by molar-refractivity contribution is 0.102. The minimum Gasteiger partial charge on any atom is -0.472 e. The van der Waals surface area contributed by atoms with Crippen molar-refractivity contribution < 1.29 is 17.6 Å². The molecule has 0 fully saturated rings. The summed E-state index contributed by atoms with van der Waals surface area (Å²) in [5.74, 6) is -0.303. The molecule has 0 bridgehead atoms. The Hall–Kier alpha value is -1.75. The molecule has 0 radical (unpaired) electrons. The second-order valence-corrected chi connectivity index (χ2v) is 8.45. The fourth-order valence-corrected chi connectivity index (χ4v) is 4.39. The van der Waals surface area contributed by atoms with Crippen molar-refractivity contribution in [3.05, 3.63) is 34.7 Å². The number of thiazole rings is 1. The number of nitrogens with one attached hydrogen (secondary N) is 1. The van der Waals surface area contributed by atoms with E-state index in [1.54, 1.807) is 6.07 Å². The first kappa shape index (κ1) is 16.1. The number of hydrogen-bond donors (Lipinski definition) is 1. The van der Waals surface area contributed by atoms with Gasteiger partial charge in [0, 0.05) is 31.9 Å². The molecule has 0 atom stereocenters. The number of rotatable bonds is 4. The van der Waals surface area contributed by atoms with E-state index in [9.17, 15) is 13.2 Å². The second kappa shape index (κ2) is 6.04. The normalized spacial score (nSPS) is 15.6. The van der Waals surface area contributed by atoms with Gasteiger partial charge in [0.25, 0.3) is 16.1 Å². The largest absolute Gasteiger partial charge is 0.472 e. The van der Waals surface area contributed by atoms with E-state index in [4.69, 9.17) is 4.42 Å². The predicted molar refractivity (Wildman–Crippen MR) is 85.5 cm³/mol. The highest BCUT2D eigenvalue weighted by Gasteiger charge is 2.30. The molecule has 1 amide bonds. The number of fused-ring (bicyclic) bond motifs is 1. The Labute approximate surface area is 137 Å². The summed E-state index contributed by atoms with van der Waals surface area (Å²) >= 11 is 1.29. The average Bonchev–Trinajstić information content (AvgIpc) is 3.15. The van der Waals surface area contributed by atoms with Crippen molar-refractivity contribution in [3.8, 4) is 0 Å². The summed E-state index contributed by atoms with van der Waals surface area (Å²) in [5.41, 5.74) is 1.25. The number of aromatic nitrogens is 1. The zero-order valence-electron chi connectivity index (χ0n) is 12.6. The Balaban J connectivity index is 1.75. The zero-order valence-corrected chi connectivity index (χ0v) is 14.3. The molecular formula is C13H16N4O4S2. The van der Waals surface area contributed by atoms with E-state index < -0.39 is 10.2 Å². The van der Waals surface area contributed by atoms with Crippen LogP contribution >= 0.6 is 11.3 Å². The van der Waals surface area contributed by atoms with Gasteiger partial charge in [-0.1, -0.05) is 0 Å². The molecule has 0 unspecified atom stereocenters. The maximum Gasteiger partial charge on any atom is 0.281 e. The van der Waals surface area contributed by atoms with Crippen molar-refractivity contribution in [2.45, 2.75) is 13.0 Å². The molecule has 0 aromatic carbocycles. The lowest BCUT2D eigenvalue weighted by atomic mass is 10.2. The van der Waals surface area contributed by atoms with Gasteiger partial charge in [-0.2, -0.15) is 17.0 Å². The molecule has 1 N–H and O–H groups in total. The van der Waals surface area contributed by atoms with Crippen molar-refractivity contribution in [2.75, 3.05) is 26.0 Å². The zero-order chi connectivity index (χ0) is 16.6. The Morgan fingerprint density at radius 2 is 2.26 bits per heavy atom. The van der Waals surface area contributed by atoms with Gasteiger partial charge in [0.1, 0.15) is 6.26 Å². The van der Waals surface area contributed by atoms with Gasteiger partial charge < -0.3 is 4.42 Å². The molecule has 124 valence electrons. The number of furan rings is 1. The van der Waals surface area contributed by atoms with Crippen molar-refractivity contribution in [2.24, 2.45) is 0 Å².